The van der Waals surface area contributed by atoms with Gasteiger partial charge in [-0.1, -0.05) is 12.1 Å². The van der Waals surface area contributed by atoms with E-state index >= 15 is 0 Å². The van der Waals surface area contributed by atoms with Crippen molar-refractivity contribution in [2.75, 3.05) is 33.3 Å². The molecule has 0 radical (unpaired) electrons. The Balaban J connectivity index is 1.44. The molecule has 2 aromatic rings. The number of aryl methyl sites for hydroxylation is 1. The highest BCUT2D eigenvalue weighted by molar-refractivity contribution is 6.05. The first-order chi connectivity index (χ1) is 14.1. The lowest BCUT2D eigenvalue weighted by Crippen LogP contribution is -2.51. The second-order valence-electron chi connectivity index (χ2n) is 7.31. The summed E-state index contributed by atoms with van der Waals surface area (Å²) >= 11 is 0. The molecular weight excluding hydrogens is 372 g/mol. The monoisotopic (exact) mass is 396 g/mol. The topological polar surface area (TPSA) is 84.7 Å². The van der Waals surface area contributed by atoms with Gasteiger partial charge in [0.2, 0.25) is 0 Å². The third kappa shape index (κ3) is 3.62. The van der Waals surface area contributed by atoms with E-state index in [1.165, 1.54) is 7.11 Å². The standard InChI is InChI=1S/C21H24N4O4/c1-29-21(28)16-7-3-2-6-15(16)19(26)23-10-12-24(13-11-23)20(27)17-14-22-25-9-5-4-8-18(17)25/h2-3,6-7,14H,4-5,8-13H2,1H3. The number of methoxy groups -OCH3 is 1. The van der Waals surface area contributed by atoms with Crippen LogP contribution in [0.2, 0.25) is 0 Å². The number of carbonyl (C=O) groups excluding carboxylic acids is 3. The normalized spacial score (nSPS) is 16.3. The van der Waals surface area contributed by atoms with Gasteiger partial charge in [-0.2, -0.15) is 5.10 Å². The Kier molecular flexibility index (Phi) is 5.33. The molecule has 0 bridgehead atoms. The van der Waals surface area contributed by atoms with E-state index in [1.807, 2.05) is 4.68 Å². The molecule has 0 unspecified atom stereocenters. The highest BCUT2D eigenvalue weighted by Crippen LogP contribution is 2.21. The van der Waals surface area contributed by atoms with E-state index in [2.05, 4.69) is 5.10 Å². The molecule has 4 rings (SSSR count). The van der Waals surface area contributed by atoms with Gasteiger partial charge in [-0.15, -0.1) is 0 Å². The lowest BCUT2D eigenvalue weighted by atomic mass is 10.0. The molecule has 3 heterocycles. The van der Waals surface area contributed by atoms with Crippen LogP contribution in [0.3, 0.4) is 0 Å². The maximum absolute atomic E-state index is 13.0. The van der Waals surface area contributed by atoms with E-state index in [4.69, 9.17) is 4.74 Å². The lowest BCUT2D eigenvalue weighted by molar-refractivity contribution is 0.0525. The SMILES string of the molecule is COC(=O)c1ccccc1C(=O)N1CCN(C(=O)c2cnn3c2CCCC3)CC1. The molecule has 2 aliphatic heterocycles. The average Bonchev–Trinajstić information content (AvgIpc) is 3.22. The molecule has 0 atom stereocenters. The molecule has 1 saturated heterocycles. The molecule has 8 nitrogen and oxygen atoms in total. The zero-order valence-electron chi connectivity index (χ0n) is 16.5. The molecule has 1 aromatic heterocycles. The molecule has 2 amide bonds. The molecule has 29 heavy (non-hydrogen) atoms. The minimum absolute atomic E-state index is 0.0183. The van der Waals surface area contributed by atoms with Crippen LogP contribution in [0.1, 0.15) is 49.6 Å². The number of esters is 1. The number of amides is 2. The number of nitrogens with zero attached hydrogens (tertiary/aromatic N) is 4. The van der Waals surface area contributed by atoms with Gasteiger partial charge in [0.05, 0.1) is 35.7 Å². The van der Waals surface area contributed by atoms with Crippen molar-refractivity contribution in [1.29, 1.82) is 0 Å². The van der Waals surface area contributed by atoms with E-state index in [0.717, 1.165) is 31.5 Å². The maximum atomic E-state index is 13.0. The van der Waals surface area contributed by atoms with Crippen LogP contribution in [-0.4, -0.2) is 70.7 Å². The fourth-order valence-corrected chi connectivity index (χ4v) is 4.01. The highest BCUT2D eigenvalue weighted by atomic mass is 16.5. The average molecular weight is 396 g/mol. The predicted molar refractivity (Wildman–Crippen MR) is 105 cm³/mol. The summed E-state index contributed by atoms with van der Waals surface area (Å²) in [7, 11) is 1.30. The van der Waals surface area contributed by atoms with Crippen LogP contribution in [0.4, 0.5) is 0 Å². The van der Waals surface area contributed by atoms with Gasteiger partial charge >= 0.3 is 5.97 Å². The van der Waals surface area contributed by atoms with Crippen molar-refractivity contribution < 1.29 is 19.1 Å². The third-order valence-corrected chi connectivity index (χ3v) is 5.63. The first-order valence-electron chi connectivity index (χ1n) is 9.90. The second kappa shape index (κ2) is 8.06. The summed E-state index contributed by atoms with van der Waals surface area (Å²) in [4.78, 5) is 41.3. The first-order valence-corrected chi connectivity index (χ1v) is 9.90. The van der Waals surface area contributed by atoms with Crippen LogP contribution in [0.15, 0.2) is 30.5 Å². The lowest BCUT2D eigenvalue weighted by Gasteiger charge is -2.35. The minimum atomic E-state index is -0.534. The summed E-state index contributed by atoms with van der Waals surface area (Å²) in [6.07, 6.45) is 4.72. The number of ether oxygens (including phenoxy) is 1. The summed E-state index contributed by atoms with van der Waals surface area (Å²) in [5, 5.41) is 4.35. The molecule has 1 fully saturated rings. The summed E-state index contributed by atoms with van der Waals surface area (Å²) in [5.74, 6) is -0.773. The quantitative estimate of drug-likeness (QED) is 0.736. The summed E-state index contributed by atoms with van der Waals surface area (Å²) in [6.45, 7) is 2.61. The number of fused-ring (bicyclic) bond motifs is 1. The summed E-state index contributed by atoms with van der Waals surface area (Å²) in [6, 6.07) is 6.64. The Bertz CT molecular complexity index is 944. The fraction of sp³-hybridized carbons (Fsp3) is 0.429. The number of benzene rings is 1. The van der Waals surface area contributed by atoms with Crippen molar-refractivity contribution in [2.24, 2.45) is 0 Å². The Morgan fingerprint density at radius 3 is 2.14 bits per heavy atom. The van der Waals surface area contributed by atoms with Gasteiger partial charge < -0.3 is 14.5 Å². The fourth-order valence-electron chi connectivity index (χ4n) is 4.01. The van der Waals surface area contributed by atoms with E-state index in [1.54, 1.807) is 40.3 Å². The van der Waals surface area contributed by atoms with Gasteiger partial charge in [0.25, 0.3) is 11.8 Å². The van der Waals surface area contributed by atoms with Crippen molar-refractivity contribution in [3.05, 3.63) is 52.8 Å². The number of aromatic nitrogens is 2. The van der Waals surface area contributed by atoms with E-state index < -0.39 is 5.97 Å². The van der Waals surface area contributed by atoms with Gasteiger partial charge in [0, 0.05) is 32.7 Å². The van der Waals surface area contributed by atoms with E-state index in [0.29, 0.717) is 37.3 Å². The van der Waals surface area contributed by atoms with Crippen molar-refractivity contribution in [1.82, 2.24) is 19.6 Å². The van der Waals surface area contributed by atoms with Gasteiger partial charge in [0.1, 0.15) is 0 Å². The largest absolute Gasteiger partial charge is 0.465 e. The van der Waals surface area contributed by atoms with Gasteiger partial charge in [-0.05, 0) is 31.4 Å². The smallest absolute Gasteiger partial charge is 0.338 e. The molecule has 2 aliphatic rings. The second-order valence-corrected chi connectivity index (χ2v) is 7.31. The minimum Gasteiger partial charge on any atom is -0.465 e. The number of rotatable bonds is 3. The highest BCUT2D eigenvalue weighted by Gasteiger charge is 2.30. The van der Waals surface area contributed by atoms with E-state index in [9.17, 15) is 14.4 Å². The molecule has 8 heteroatoms. The molecule has 0 N–H and O–H groups in total. The first kappa shape index (κ1) is 19.2. The van der Waals surface area contributed by atoms with Crippen LogP contribution >= 0.6 is 0 Å². The van der Waals surface area contributed by atoms with Crippen molar-refractivity contribution >= 4 is 17.8 Å². The van der Waals surface area contributed by atoms with Crippen molar-refractivity contribution in [3.8, 4) is 0 Å². The number of carbonyl (C=O) groups is 3. The zero-order chi connectivity index (χ0) is 20.4. The van der Waals surface area contributed by atoms with Crippen LogP contribution in [0.25, 0.3) is 0 Å². The van der Waals surface area contributed by atoms with Crippen molar-refractivity contribution in [3.63, 3.8) is 0 Å². The van der Waals surface area contributed by atoms with Gasteiger partial charge in [-0.25, -0.2) is 4.79 Å². The zero-order valence-corrected chi connectivity index (χ0v) is 16.5. The molecule has 1 aromatic carbocycles. The van der Waals surface area contributed by atoms with Crippen LogP contribution in [-0.2, 0) is 17.7 Å². The molecule has 0 saturated carbocycles. The Morgan fingerprint density at radius 1 is 0.862 bits per heavy atom. The van der Waals surface area contributed by atoms with Crippen LogP contribution < -0.4 is 0 Å². The van der Waals surface area contributed by atoms with Gasteiger partial charge in [0.15, 0.2) is 0 Å². The number of hydrogen-bond donors (Lipinski definition) is 0. The Hall–Kier alpha value is -3.16. The number of piperazine rings is 1. The summed E-state index contributed by atoms with van der Waals surface area (Å²) in [5.41, 5.74) is 2.28. The van der Waals surface area contributed by atoms with Crippen LogP contribution in [0, 0.1) is 0 Å². The Morgan fingerprint density at radius 2 is 1.48 bits per heavy atom. The molecule has 152 valence electrons. The third-order valence-electron chi connectivity index (χ3n) is 5.63. The van der Waals surface area contributed by atoms with E-state index in [-0.39, 0.29) is 17.4 Å². The Labute approximate surface area is 169 Å². The van der Waals surface area contributed by atoms with Crippen molar-refractivity contribution in [2.45, 2.75) is 25.8 Å². The van der Waals surface area contributed by atoms with Gasteiger partial charge in [-0.3, -0.25) is 14.3 Å². The number of hydrogen-bond acceptors (Lipinski definition) is 5. The predicted octanol–water partition coefficient (Wildman–Crippen LogP) is 1.60. The molecular formula is C21H24N4O4. The molecule has 0 aliphatic carbocycles. The molecule has 0 spiro atoms. The van der Waals surface area contributed by atoms with Crippen LogP contribution in [0.5, 0.6) is 0 Å². The summed E-state index contributed by atoms with van der Waals surface area (Å²) < 4.78 is 6.71. The maximum Gasteiger partial charge on any atom is 0.338 e.